The van der Waals surface area contributed by atoms with E-state index in [-0.39, 0.29) is 0 Å². The normalized spacial score (nSPS) is 12.4. The fourth-order valence-electron chi connectivity index (χ4n) is 2.12. The number of nitrogens with one attached hydrogen (secondary N) is 1. The number of aliphatic hydroxyl groups excluding tert-OH is 1. The third-order valence-corrected chi connectivity index (χ3v) is 3.22. The Labute approximate surface area is 126 Å². The van der Waals surface area contributed by atoms with Crippen LogP contribution in [0.25, 0.3) is 0 Å². The van der Waals surface area contributed by atoms with Crippen LogP contribution in [0.2, 0.25) is 0 Å². The molecule has 0 aliphatic heterocycles. The number of hydrogen-bond acceptors (Lipinski definition) is 4. The first kappa shape index (κ1) is 15.4. The third kappa shape index (κ3) is 4.83. The zero-order chi connectivity index (χ0) is 15.2. The molecule has 1 heterocycles. The Morgan fingerprint density at radius 2 is 1.86 bits per heavy atom. The number of rotatable bonds is 6. The van der Waals surface area contributed by atoms with Crippen LogP contribution in [0.4, 0.5) is 5.82 Å². The molecule has 0 amide bonds. The van der Waals surface area contributed by atoms with Crippen molar-refractivity contribution in [2.24, 2.45) is 0 Å². The first-order chi connectivity index (χ1) is 10.0. The molecular formula is C17H23N3O. The Hall–Kier alpha value is -1.94. The minimum Gasteiger partial charge on any atom is -0.391 e. The van der Waals surface area contributed by atoms with Gasteiger partial charge in [0, 0.05) is 30.6 Å². The highest BCUT2D eigenvalue weighted by atomic mass is 16.3. The molecule has 0 bridgehead atoms. The molecule has 2 N–H and O–H groups in total. The molecule has 1 unspecified atom stereocenters. The van der Waals surface area contributed by atoms with Gasteiger partial charge in [-0.1, -0.05) is 44.2 Å². The lowest BCUT2D eigenvalue weighted by Crippen LogP contribution is -2.22. The van der Waals surface area contributed by atoms with Crippen LogP contribution in [-0.2, 0) is 6.42 Å². The summed E-state index contributed by atoms with van der Waals surface area (Å²) in [5, 5.41) is 13.3. The lowest BCUT2D eigenvalue weighted by molar-refractivity contribution is 0.188. The van der Waals surface area contributed by atoms with E-state index in [4.69, 9.17) is 0 Å². The van der Waals surface area contributed by atoms with E-state index >= 15 is 0 Å². The molecule has 4 heteroatoms. The highest BCUT2D eigenvalue weighted by Gasteiger charge is 2.09. The molecule has 0 radical (unpaired) electrons. The van der Waals surface area contributed by atoms with E-state index in [1.807, 2.05) is 43.3 Å². The van der Waals surface area contributed by atoms with Gasteiger partial charge in [-0.3, -0.25) is 0 Å². The molecule has 1 aromatic heterocycles. The van der Waals surface area contributed by atoms with Gasteiger partial charge in [-0.05, 0) is 12.5 Å². The Morgan fingerprint density at radius 3 is 2.52 bits per heavy atom. The molecule has 1 aromatic carbocycles. The fourth-order valence-corrected chi connectivity index (χ4v) is 2.12. The standard InChI is InChI=1S/C17H23N3O/c1-12(2)17-19-13(3)9-16(20-17)18-11-15(21)10-14-7-5-4-6-8-14/h4-9,12,15,21H,10-11H2,1-3H3,(H,18,19,20). The van der Waals surface area contributed by atoms with Crippen molar-refractivity contribution in [2.45, 2.75) is 39.2 Å². The highest BCUT2D eigenvalue weighted by molar-refractivity contribution is 5.36. The maximum atomic E-state index is 10.1. The van der Waals surface area contributed by atoms with Crippen LogP contribution in [-0.4, -0.2) is 27.7 Å². The summed E-state index contributed by atoms with van der Waals surface area (Å²) in [7, 11) is 0. The average molecular weight is 285 g/mol. The second kappa shape index (κ2) is 7.18. The van der Waals surface area contributed by atoms with Gasteiger partial charge in [-0.2, -0.15) is 0 Å². The molecule has 112 valence electrons. The fraction of sp³-hybridized carbons (Fsp3) is 0.412. The number of aliphatic hydroxyl groups is 1. The van der Waals surface area contributed by atoms with Crippen LogP contribution in [0.5, 0.6) is 0 Å². The Morgan fingerprint density at radius 1 is 1.14 bits per heavy atom. The molecule has 2 rings (SSSR count). The molecule has 0 saturated carbocycles. The van der Waals surface area contributed by atoms with Crippen molar-refractivity contribution in [3.63, 3.8) is 0 Å². The topological polar surface area (TPSA) is 58.0 Å². The molecule has 4 nitrogen and oxygen atoms in total. The smallest absolute Gasteiger partial charge is 0.133 e. The first-order valence-corrected chi connectivity index (χ1v) is 7.36. The lowest BCUT2D eigenvalue weighted by Gasteiger charge is -2.14. The van der Waals surface area contributed by atoms with Gasteiger partial charge in [-0.25, -0.2) is 9.97 Å². The summed E-state index contributed by atoms with van der Waals surface area (Å²) in [5.74, 6) is 1.90. The van der Waals surface area contributed by atoms with E-state index in [0.29, 0.717) is 18.9 Å². The number of aryl methyl sites for hydroxylation is 1. The molecule has 0 fully saturated rings. The summed E-state index contributed by atoms with van der Waals surface area (Å²) in [6.45, 7) is 6.58. The molecular weight excluding hydrogens is 262 g/mol. The summed E-state index contributed by atoms with van der Waals surface area (Å²) in [6.07, 6.45) is 0.194. The van der Waals surface area contributed by atoms with Crippen molar-refractivity contribution >= 4 is 5.82 Å². The summed E-state index contributed by atoms with van der Waals surface area (Å²) >= 11 is 0. The Balaban J connectivity index is 1.93. The third-order valence-electron chi connectivity index (χ3n) is 3.22. The predicted octanol–water partition coefficient (Wildman–Crippen LogP) is 2.92. The van der Waals surface area contributed by atoms with E-state index in [1.54, 1.807) is 0 Å². The minimum atomic E-state index is -0.440. The number of benzene rings is 1. The second-order valence-corrected chi connectivity index (χ2v) is 5.63. The Kier molecular flexibility index (Phi) is 5.28. The molecule has 0 aliphatic rings. The maximum Gasteiger partial charge on any atom is 0.133 e. The summed E-state index contributed by atoms with van der Waals surface area (Å²) in [4.78, 5) is 8.89. The number of anilines is 1. The summed E-state index contributed by atoms with van der Waals surface area (Å²) < 4.78 is 0. The van der Waals surface area contributed by atoms with E-state index in [9.17, 15) is 5.11 Å². The van der Waals surface area contributed by atoms with Crippen molar-refractivity contribution in [1.82, 2.24) is 9.97 Å². The van der Waals surface area contributed by atoms with E-state index < -0.39 is 6.10 Å². The molecule has 0 saturated heterocycles. The van der Waals surface area contributed by atoms with Crippen molar-refractivity contribution < 1.29 is 5.11 Å². The van der Waals surface area contributed by atoms with E-state index in [0.717, 1.165) is 22.9 Å². The molecule has 0 aliphatic carbocycles. The van der Waals surface area contributed by atoms with Gasteiger partial charge < -0.3 is 10.4 Å². The van der Waals surface area contributed by atoms with Crippen LogP contribution in [0.3, 0.4) is 0 Å². The minimum absolute atomic E-state index is 0.291. The van der Waals surface area contributed by atoms with Crippen LogP contribution in [0.1, 0.15) is 36.8 Å². The van der Waals surface area contributed by atoms with Crippen molar-refractivity contribution in [2.75, 3.05) is 11.9 Å². The van der Waals surface area contributed by atoms with E-state index in [1.165, 1.54) is 0 Å². The largest absolute Gasteiger partial charge is 0.391 e. The van der Waals surface area contributed by atoms with Crippen LogP contribution in [0, 0.1) is 6.92 Å². The average Bonchev–Trinajstić information content (AvgIpc) is 2.45. The lowest BCUT2D eigenvalue weighted by atomic mass is 10.1. The van der Waals surface area contributed by atoms with Crippen LogP contribution < -0.4 is 5.32 Å². The van der Waals surface area contributed by atoms with Crippen molar-refractivity contribution in [3.8, 4) is 0 Å². The predicted molar refractivity (Wildman–Crippen MR) is 85.5 cm³/mol. The molecule has 2 aromatic rings. The molecule has 21 heavy (non-hydrogen) atoms. The van der Waals surface area contributed by atoms with Crippen LogP contribution in [0.15, 0.2) is 36.4 Å². The summed E-state index contributed by atoms with van der Waals surface area (Å²) in [5.41, 5.74) is 2.07. The van der Waals surface area contributed by atoms with Crippen molar-refractivity contribution in [3.05, 3.63) is 53.5 Å². The van der Waals surface area contributed by atoms with E-state index in [2.05, 4.69) is 29.1 Å². The molecule has 1 atom stereocenters. The van der Waals surface area contributed by atoms with Gasteiger partial charge in [0.05, 0.1) is 6.10 Å². The zero-order valence-corrected chi connectivity index (χ0v) is 12.9. The number of hydrogen-bond donors (Lipinski definition) is 2. The van der Waals surface area contributed by atoms with Gasteiger partial charge >= 0.3 is 0 Å². The summed E-state index contributed by atoms with van der Waals surface area (Å²) in [6, 6.07) is 11.9. The van der Waals surface area contributed by atoms with Crippen LogP contribution >= 0.6 is 0 Å². The first-order valence-electron chi connectivity index (χ1n) is 7.36. The van der Waals surface area contributed by atoms with Gasteiger partial charge in [0.1, 0.15) is 11.6 Å². The van der Waals surface area contributed by atoms with Gasteiger partial charge in [0.15, 0.2) is 0 Å². The zero-order valence-electron chi connectivity index (χ0n) is 12.9. The number of aromatic nitrogens is 2. The molecule has 0 spiro atoms. The van der Waals surface area contributed by atoms with Gasteiger partial charge in [-0.15, -0.1) is 0 Å². The highest BCUT2D eigenvalue weighted by Crippen LogP contribution is 2.13. The number of nitrogens with zero attached hydrogens (tertiary/aromatic N) is 2. The monoisotopic (exact) mass is 285 g/mol. The van der Waals surface area contributed by atoms with Crippen molar-refractivity contribution in [1.29, 1.82) is 0 Å². The SMILES string of the molecule is Cc1cc(NCC(O)Cc2ccccc2)nc(C(C)C)n1. The Bertz CT molecular complexity index is 570. The van der Waals surface area contributed by atoms with Gasteiger partial charge in [0.2, 0.25) is 0 Å². The second-order valence-electron chi connectivity index (χ2n) is 5.63. The maximum absolute atomic E-state index is 10.1. The quantitative estimate of drug-likeness (QED) is 0.857. The van der Waals surface area contributed by atoms with Gasteiger partial charge in [0.25, 0.3) is 0 Å².